The zero-order valence-electron chi connectivity index (χ0n) is 9.63. The molecule has 0 amide bonds. The van der Waals surface area contributed by atoms with Crippen LogP contribution in [0.4, 0.5) is 22.0 Å². The molecule has 18 heavy (non-hydrogen) atoms. The second-order valence-corrected chi connectivity index (χ2v) is 4.05. The minimum absolute atomic E-state index is 0.0722. The van der Waals surface area contributed by atoms with Crippen LogP contribution in [-0.4, -0.2) is 27.7 Å². The molecule has 8 heteroatoms. The van der Waals surface area contributed by atoms with Crippen molar-refractivity contribution in [1.82, 2.24) is 9.78 Å². The monoisotopic (exact) mass is 270 g/mol. The minimum Gasteiger partial charge on any atom is -0.292 e. The van der Waals surface area contributed by atoms with E-state index in [0.717, 1.165) is 0 Å². The van der Waals surface area contributed by atoms with Crippen LogP contribution < -0.4 is 0 Å². The first-order valence-electron chi connectivity index (χ1n) is 5.07. The molecule has 0 fully saturated rings. The number of nitrogens with zero attached hydrogens (tertiary/aromatic N) is 2. The first kappa shape index (κ1) is 14.6. The number of Topliss-reactive ketones (excluding diaryl/α,β-unsaturated/α-hetero) is 1. The molecule has 0 aliphatic rings. The Labute approximate surface area is 99.6 Å². The molecule has 1 aromatic rings. The maximum absolute atomic E-state index is 12.7. The van der Waals surface area contributed by atoms with Crippen molar-refractivity contribution in [1.29, 1.82) is 0 Å². The Kier molecular flexibility index (Phi) is 3.78. The van der Waals surface area contributed by atoms with Crippen molar-refractivity contribution in [2.75, 3.05) is 0 Å². The quantitative estimate of drug-likeness (QED) is 0.788. The van der Waals surface area contributed by atoms with Crippen molar-refractivity contribution < 1.29 is 26.7 Å². The second kappa shape index (κ2) is 4.66. The highest BCUT2D eigenvalue weighted by Gasteiger charge is 2.62. The summed E-state index contributed by atoms with van der Waals surface area (Å²) in [5.74, 6) is -7.54. The Morgan fingerprint density at radius 1 is 1.33 bits per heavy atom. The Balaban J connectivity index is 2.82. The molecule has 0 unspecified atom stereocenters. The average Bonchev–Trinajstić information content (AvgIpc) is 2.64. The number of alkyl halides is 5. The first-order valence-corrected chi connectivity index (χ1v) is 5.07. The SMILES string of the molecule is CC(C)n1ccc(CC(=O)C(F)(F)C(F)(F)F)n1. The van der Waals surface area contributed by atoms with Gasteiger partial charge in [-0.1, -0.05) is 0 Å². The van der Waals surface area contributed by atoms with Crippen molar-refractivity contribution in [3.05, 3.63) is 18.0 Å². The number of aromatic nitrogens is 2. The van der Waals surface area contributed by atoms with Gasteiger partial charge in [-0.3, -0.25) is 9.48 Å². The molecule has 0 radical (unpaired) electrons. The molecule has 0 spiro atoms. The molecular formula is C10H11F5N2O. The molecule has 1 heterocycles. The summed E-state index contributed by atoms with van der Waals surface area (Å²) in [6.45, 7) is 3.51. The topological polar surface area (TPSA) is 34.9 Å². The number of carbonyl (C=O) groups excluding carboxylic acids is 1. The highest BCUT2D eigenvalue weighted by molar-refractivity contribution is 5.88. The molecule has 0 saturated heterocycles. The van der Waals surface area contributed by atoms with Crippen LogP contribution in [0.5, 0.6) is 0 Å². The summed E-state index contributed by atoms with van der Waals surface area (Å²) < 4.78 is 62.5. The number of hydrogen-bond acceptors (Lipinski definition) is 2. The highest BCUT2D eigenvalue weighted by atomic mass is 19.4. The average molecular weight is 270 g/mol. The van der Waals surface area contributed by atoms with E-state index in [2.05, 4.69) is 5.10 Å². The summed E-state index contributed by atoms with van der Waals surface area (Å²) in [6.07, 6.45) is -5.50. The minimum atomic E-state index is -5.87. The Morgan fingerprint density at radius 3 is 2.28 bits per heavy atom. The predicted molar refractivity (Wildman–Crippen MR) is 52.3 cm³/mol. The number of hydrogen-bond donors (Lipinski definition) is 0. The van der Waals surface area contributed by atoms with E-state index in [9.17, 15) is 26.7 Å². The molecule has 0 N–H and O–H groups in total. The third kappa shape index (κ3) is 2.85. The largest absolute Gasteiger partial charge is 0.461 e. The van der Waals surface area contributed by atoms with Gasteiger partial charge in [0, 0.05) is 12.2 Å². The van der Waals surface area contributed by atoms with Crippen LogP contribution in [0.15, 0.2) is 12.3 Å². The molecule has 0 aliphatic heterocycles. The van der Waals surface area contributed by atoms with Gasteiger partial charge in [-0.15, -0.1) is 0 Å². The lowest BCUT2D eigenvalue weighted by atomic mass is 10.1. The molecule has 0 aliphatic carbocycles. The molecule has 1 rings (SSSR count). The first-order chi connectivity index (χ1) is 8.05. The number of rotatable bonds is 4. The molecule has 102 valence electrons. The lowest BCUT2D eigenvalue weighted by Gasteiger charge is -2.17. The van der Waals surface area contributed by atoms with Crippen LogP contribution in [0.25, 0.3) is 0 Å². The van der Waals surface area contributed by atoms with E-state index >= 15 is 0 Å². The van der Waals surface area contributed by atoms with E-state index in [4.69, 9.17) is 0 Å². The van der Waals surface area contributed by atoms with Gasteiger partial charge in [-0.25, -0.2) is 0 Å². The van der Waals surface area contributed by atoms with Crippen LogP contribution in [0, 0.1) is 0 Å². The fourth-order valence-electron chi connectivity index (χ4n) is 1.19. The van der Waals surface area contributed by atoms with Crippen LogP contribution in [-0.2, 0) is 11.2 Å². The van der Waals surface area contributed by atoms with E-state index < -0.39 is 24.3 Å². The van der Waals surface area contributed by atoms with Crippen molar-refractivity contribution in [2.45, 2.75) is 38.4 Å². The fourth-order valence-corrected chi connectivity index (χ4v) is 1.19. The number of halogens is 5. The molecular weight excluding hydrogens is 259 g/mol. The van der Waals surface area contributed by atoms with E-state index in [1.165, 1.54) is 16.9 Å². The van der Waals surface area contributed by atoms with Gasteiger partial charge < -0.3 is 0 Å². The standard InChI is InChI=1S/C10H11F5N2O/c1-6(2)17-4-3-7(16-17)5-8(18)9(11,12)10(13,14)15/h3-4,6H,5H2,1-2H3. The lowest BCUT2D eigenvalue weighted by molar-refractivity contribution is -0.268. The van der Waals surface area contributed by atoms with Crippen molar-refractivity contribution >= 4 is 5.78 Å². The molecule has 1 aromatic heterocycles. The van der Waals surface area contributed by atoms with Crippen LogP contribution in [0.1, 0.15) is 25.6 Å². The lowest BCUT2D eigenvalue weighted by Crippen LogP contribution is -2.44. The summed E-state index contributed by atoms with van der Waals surface area (Å²) >= 11 is 0. The zero-order chi connectivity index (χ0) is 14.1. The smallest absolute Gasteiger partial charge is 0.292 e. The summed E-state index contributed by atoms with van der Waals surface area (Å²) in [7, 11) is 0. The number of ketones is 1. The van der Waals surface area contributed by atoms with E-state index in [1.807, 2.05) is 0 Å². The third-order valence-corrected chi connectivity index (χ3v) is 2.24. The van der Waals surface area contributed by atoms with Crippen molar-refractivity contribution in [2.24, 2.45) is 0 Å². The molecule has 0 bridgehead atoms. The van der Waals surface area contributed by atoms with E-state index in [1.54, 1.807) is 13.8 Å². The second-order valence-electron chi connectivity index (χ2n) is 4.05. The van der Waals surface area contributed by atoms with Crippen LogP contribution in [0.3, 0.4) is 0 Å². The Hall–Kier alpha value is -1.47. The van der Waals surface area contributed by atoms with Gasteiger partial charge in [0.15, 0.2) is 0 Å². The highest BCUT2D eigenvalue weighted by Crippen LogP contribution is 2.36. The van der Waals surface area contributed by atoms with Gasteiger partial charge in [0.05, 0.1) is 12.1 Å². The molecule has 3 nitrogen and oxygen atoms in total. The van der Waals surface area contributed by atoms with Crippen LogP contribution in [0.2, 0.25) is 0 Å². The molecule has 0 aromatic carbocycles. The van der Waals surface area contributed by atoms with Crippen LogP contribution >= 0.6 is 0 Å². The Bertz CT molecular complexity index is 436. The van der Waals surface area contributed by atoms with E-state index in [-0.39, 0.29) is 11.7 Å². The molecule has 0 atom stereocenters. The van der Waals surface area contributed by atoms with Gasteiger partial charge >= 0.3 is 12.1 Å². The van der Waals surface area contributed by atoms with Crippen molar-refractivity contribution in [3.8, 4) is 0 Å². The van der Waals surface area contributed by atoms with Gasteiger partial charge in [0.1, 0.15) is 0 Å². The summed E-state index contributed by atoms with van der Waals surface area (Å²) in [4.78, 5) is 10.9. The summed E-state index contributed by atoms with van der Waals surface area (Å²) in [6, 6.07) is 1.17. The van der Waals surface area contributed by atoms with Crippen molar-refractivity contribution in [3.63, 3.8) is 0 Å². The maximum atomic E-state index is 12.7. The fraction of sp³-hybridized carbons (Fsp3) is 0.600. The van der Waals surface area contributed by atoms with Gasteiger partial charge in [0.2, 0.25) is 5.78 Å². The zero-order valence-corrected chi connectivity index (χ0v) is 9.63. The molecule has 0 saturated carbocycles. The normalized spacial score (nSPS) is 13.1. The van der Waals surface area contributed by atoms with Gasteiger partial charge in [0.25, 0.3) is 0 Å². The number of carbonyl (C=O) groups is 1. The Morgan fingerprint density at radius 2 is 1.89 bits per heavy atom. The summed E-state index contributed by atoms with van der Waals surface area (Å²) in [5, 5.41) is 3.74. The maximum Gasteiger partial charge on any atom is 0.461 e. The predicted octanol–water partition coefficient (Wildman–Crippen LogP) is 2.77. The van der Waals surface area contributed by atoms with E-state index in [0.29, 0.717) is 0 Å². The van der Waals surface area contributed by atoms with Gasteiger partial charge in [-0.2, -0.15) is 27.1 Å². The van der Waals surface area contributed by atoms with Gasteiger partial charge in [-0.05, 0) is 19.9 Å². The summed E-state index contributed by atoms with van der Waals surface area (Å²) in [5.41, 5.74) is -0.113. The third-order valence-electron chi connectivity index (χ3n) is 2.24.